The summed E-state index contributed by atoms with van der Waals surface area (Å²) in [7, 11) is 0. The van der Waals surface area contributed by atoms with Crippen molar-refractivity contribution in [2.24, 2.45) is 16.7 Å². The summed E-state index contributed by atoms with van der Waals surface area (Å²) in [6.45, 7) is 7.25. The number of hydrogen-bond donors (Lipinski definition) is 1. The number of nitrogens with one attached hydrogen (secondary N) is 1. The fourth-order valence-corrected chi connectivity index (χ4v) is 4.96. The summed E-state index contributed by atoms with van der Waals surface area (Å²) < 4.78 is 1.07. The third-order valence-corrected chi connectivity index (χ3v) is 6.32. The first-order chi connectivity index (χ1) is 8.83. The van der Waals surface area contributed by atoms with Gasteiger partial charge in [-0.2, -0.15) is 0 Å². The van der Waals surface area contributed by atoms with Crippen LogP contribution in [0.5, 0.6) is 0 Å². The molecular weight excluding hydrogens is 322 g/mol. The van der Waals surface area contributed by atoms with Crippen LogP contribution in [0.15, 0.2) is 22.7 Å². The van der Waals surface area contributed by atoms with Crippen molar-refractivity contribution in [2.45, 2.75) is 46.1 Å². The second kappa shape index (κ2) is 4.39. The van der Waals surface area contributed by atoms with Gasteiger partial charge in [0.1, 0.15) is 0 Å². The molecule has 19 heavy (non-hydrogen) atoms. The quantitative estimate of drug-likeness (QED) is 0.723. The van der Waals surface area contributed by atoms with Crippen molar-refractivity contribution in [3.63, 3.8) is 0 Å². The normalized spacial score (nSPS) is 35.6. The Morgan fingerprint density at radius 3 is 2.68 bits per heavy atom. The minimum atomic E-state index is 0.346. The molecule has 3 atom stereocenters. The van der Waals surface area contributed by atoms with E-state index >= 15 is 0 Å². The Morgan fingerprint density at radius 1 is 1.32 bits per heavy atom. The zero-order valence-electron chi connectivity index (χ0n) is 11.8. The zero-order chi connectivity index (χ0) is 13.8. The van der Waals surface area contributed by atoms with E-state index in [9.17, 15) is 0 Å². The van der Waals surface area contributed by atoms with Crippen LogP contribution in [-0.4, -0.2) is 6.04 Å². The van der Waals surface area contributed by atoms with Gasteiger partial charge in [-0.15, -0.1) is 0 Å². The molecule has 3 rings (SSSR count). The van der Waals surface area contributed by atoms with Crippen LogP contribution in [0.25, 0.3) is 0 Å². The number of fused-ring (bicyclic) bond motifs is 2. The van der Waals surface area contributed by atoms with E-state index in [0.29, 0.717) is 16.9 Å². The largest absolute Gasteiger partial charge is 0.380 e. The van der Waals surface area contributed by atoms with Gasteiger partial charge < -0.3 is 5.32 Å². The summed E-state index contributed by atoms with van der Waals surface area (Å²) in [5, 5.41) is 4.56. The van der Waals surface area contributed by atoms with Crippen molar-refractivity contribution >= 4 is 33.2 Å². The van der Waals surface area contributed by atoms with Crippen LogP contribution in [0.4, 0.5) is 5.69 Å². The van der Waals surface area contributed by atoms with E-state index < -0.39 is 0 Å². The zero-order valence-corrected chi connectivity index (χ0v) is 14.1. The van der Waals surface area contributed by atoms with Gasteiger partial charge in [-0.1, -0.05) is 48.3 Å². The second-order valence-electron chi connectivity index (χ2n) is 7.12. The number of hydrogen-bond acceptors (Lipinski definition) is 1. The van der Waals surface area contributed by atoms with Crippen LogP contribution in [0, 0.1) is 16.7 Å². The molecular formula is C16H21BrClN. The third-order valence-electron chi connectivity index (χ3n) is 5.50. The maximum atomic E-state index is 6.33. The molecule has 3 unspecified atom stereocenters. The Balaban J connectivity index is 1.92. The molecule has 0 heterocycles. The van der Waals surface area contributed by atoms with Crippen LogP contribution in [-0.2, 0) is 0 Å². The summed E-state index contributed by atoms with van der Waals surface area (Å²) in [5.41, 5.74) is 1.82. The lowest BCUT2D eigenvalue weighted by molar-refractivity contribution is 0.155. The molecule has 1 aromatic carbocycles. The highest BCUT2D eigenvalue weighted by Gasteiger charge is 2.59. The van der Waals surface area contributed by atoms with E-state index in [4.69, 9.17) is 11.6 Å². The summed E-state index contributed by atoms with van der Waals surface area (Å²) in [5.74, 6) is 0.848. The second-order valence-corrected chi connectivity index (χ2v) is 8.44. The van der Waals surface area contributed by atoms with E-state index in [1.165, 1.54) is 19.3 Å². The Kier molecular flexibility index (Phi) is 3.18. The number of rotatable bonds is 2. The SMILES string of the molecule is CC12CCC(C1)C(C)(C)C2Nc1cc(Br)ccc1Cl. The lowest BCUT2D eigenvalue weighted by Crippen LogP contribution is -2.45. The Hall–Kier alpha value is -0.210. The topological polar surface area (TPSA) is 12.0 Å². The van der Waals surface area contributed by atoms with Gasteiger partial charge in [0.05, 0.1) is 10.7 Å². The number of anilines is 1. The molecule has 2 fully saturated rings. The highest BCUT2D eigenvalue weighted by molar-refractivity contribution is 9.10. The Bertz CT molecular complexity index is 509. The van der Waals surface area contributed by atoms with Crippen molar-refractivity contribution in [3.05, 3.63) is 27.7 Å². The highest BCUT2D eigenvalue weighted by Crippen LogP contribution is 2.63. The molecule has 2 aliphatic carbocycles. The molecule has 2 bridgehead atoms. The van der Waals surface area contributed by atoms with Crippen LogP contribution in [0.2, 0.25) is 5.02 Å². The maximum Gasteiger partial charge on any atom is 0.0638 e. The standard InChI is InChI=1S/C16H21BrClN/c1-15(2)10-6-7-16(3,9-10)14(15)19-13-8-11(17)4-5-12(13)18/h4-5,8,10,14,19H,6-7,9H2,1-3H3. The van der Waals surface area contributed by atoms with E-state index in [0.717, 1.165) is 21.1 Å². The highest BCUT2D eigenvalue weighted by atomic mass is 79.9. The maximum absolute atomic E-state index is 6.33. The van der Waals surface area contributed by atoms with E-state index in [-0.39, 0.29) is 0 Å². The fraction of sp³-hybridized carbons (Fsp3) is 0.625. The van der Waals surface area contributed by atoms with Gasteiger partial charge in [0, 0.05) is 10.5 Å². The van der Waals surface area contributed by atoms with Gasteiger partial charge in [-0.25, -0.2) is 0 Å². The monoisotopic (exact) mass is 341 g/mol. The van der Waals surface area contributed by atoms with Gasteiger partial charge in [0.2, 0.25) is 0 Å². The molecule has 0 amide bonds. The molecule has 0 aliphatic heterocycles. The summed E-state index contributed by atoms with van der Waals surface area (Å²) in [6, 6.07) is 6.54. The summed E-state index contributed by atoms with van der Waals surface area (Å²) in [6.07, 6.45) is 4.07. The first kappa shape index (κ1) is 13.8. The van der Waals surface area contributed by atoms with Crippen LogP contribution >= 0.6 is 27.5 Å². The van der Waals surface area contributed by atoms with Crippen molar-refractivity contribution in [1.82, 2.24) is 0 Å². The molecule has 0 spiro atoms. The summed E-state index contributed by atoms with van der Waals surface area (Å²) >= 11 is 9.86. The molecule has 1 nitrogen and oxygen atoms in total. The average Bonchev–Trinajstić information content (AvgIpc) is 2.80. The Morgan fingerprint density at radius 2 is 2.05 bits per heavy atom. The van der Waals surface area contributed by atoms with Gasteiger partial charge >= 0.3 is 0 Å². The van der Waals surface area contributed by atoms with Crippen LogP contribution < -0.4 is 5.32 Å². The predicted molar refractivity (Wildman–Crippen MR) is 85.8 cm³/mol. The van der Waals surface area contributed by atoms with Gasteiger partial charge in [0.25, 0.3) is 0 Å². The van der Waals surface area contributed by atoms with Crippen molar-refractivity contribution in [3.8, 4) is 0 Å². The number of halogens is 2. The molecule has 1 N–H and O–H groups in total. The first-order valence-corrected chi connectivity index (χ1v) is 8.22. The molecule has 1 aromatic rings. The predicted octanol–water partition coefficient (Wildman–Crippen LogP) is 5.73. The molecule has 2 saturated carbocycles. The smallest absolute Gasteiger partial charge is 0.0638 e. The average molecular weight is 343 g/mol. The first-order valence-electron chi connectivity index (χ1n) is 7.04. The Labute approximate surface area is 129 Å². The molecule has 0 radical (unpaired) electrons. The van der Waals surface area contributed by atoms with E-state index in [2.05, 4.69) is 48.1 Å². The molecule has 0 aromatic heterocycles. The lowest BCUT2D eigenvalue weighted by Gasteiger charge is -2.43. The minimum absolute atomic E-state index is 0.346. The molecule has 104 valence electrons. The van der Waals surface area contributed by atoms with E-state index in [1.54, 1.807) is 0 Å². The van der Waals surface area contributed by atoms with Gasteiger partial charge in [0.15, 0.2) is 0 Å². The summed E-state index contributed by atoms with van der Waals surface area (Å²) in [4.78, 5) is 0. The fourth-order valence-electron chi connectivity index (χ4n) is 4.43. The van der Waals surface area contributed by atoms with Crippen LogP contribution in [0.3, 0.4) is 0 Å². The van der Waals surface area contributed by atoms with Crippen LogP contribution in [0.1, 0.15) is 40.0 Å². The van der Waals surface area contributed by atoms with E-state index in [1.807, 2.05) is 12.1 Å². The molecule has 2 aliphatic rings. The lowest BCUT2D eigenvalue weighted by atomic mass is 9.68. The van der Waals surface area contributed by atoms with Gasteiger partial charge in [-0.3, -0.25) is 0 Å². The van der Waals surface area contributed by atoms with Gasteiger partial charge in [-0.05, 0) is 54.2 Å². The minimum Gasteiger partial charge on any atom is -0.380 e. The van der Waals surface area contributed by atoms with Crippen molar-refractivity contribution in [1.29, 1.82) is 0 Å². The molecule has 0 saturated heterocycles. The molecule has 3 heteroatoms. The van der Waals surface area contributed by atoms with Crippen molar-refractivity contribution < 1.29 is 0 Å². The third kappa shape index (κ3) is 2.12. The number of benzene rings is 1. The van der Waals surface area contributed by atoms with Crippen molar-refractivity contribution in [2.75, 3.05) is 5.32 Å².